The van der Waals surface area contributed by atoms with Gasteiger partial charge in [0.1, 0.15) is 0 Å². The zero-order valence-corrected chi connectivity index (χ0v) is 10.4. The highest BCUT2D eigenvalue weighted by Gasteiger charge is 2.11. The number of aromatic nitrogens is 1. The number of phenols is 2. The van der Waals surface area contributed by atoms with Gasteiger partial charge in [-0.05, 0) is 12.3 Å². The molecule has 0 atom stereocenters. The fraction of sp³-hybridized carbons (Fsp3) is 0.250. The van der Waals surface area contributed by atoms with Gasteiger partial charge in [-0.25, -0.2) is 4.98 Å². The summed E-state index contributed by atoms with van der Waals surface area (Å²) in [7, 11) is 0. The van der Waals surface area contributed by atoms with E-state index >= 15 is 0 Å². The number of rotatable bonds is 1. The lowest BCUT2D eigenvalue weighted by Crippen LogP contribution is -1.97. The Kier molecular flexibility index (Phi) is 4.43. The van der Waals surface area contributed by atoms with Gasteiger partial charge in [0.05, 0.1) is 10.3 Å². The second-order valence-electron chi connectivity index (χ2n) is 2.92. The number of thioether (sulfide) groups is 1. The number of H-pyrrole nitrogens is 1. The molecule has 0 aliphatic rings. The largest absolute Gasteiger partial charge is 0.504 e. The minimum atomic E-state index is -0.0820. The van der Waals surface area contributed by atoms with Crippen LogP contribution in [0.4, 0.5) is 0 Å². The van der Waals surface area contributed by atoms with Crippen molar-refractivity contribution >= 4 is 22.5 Å². The van der Waals surface area contributed by atoms with Crippen LogP contribution in [0, 0.1) is 0 Å². The first-order chi connectivity index (χ1) is 7.74. The third-order valence-electron chi connectivity index (χ3n) is 2.09. The highest BCUT2D eigenvalue weighted by molar-refractivity contribution is 7.99. The number of aromatic hydroxyl groups is 2. The van der Waals surface area contributed by atoms with Crippen LogP contribution in [0.1, 0.15) is 13.8 Å². The Morgan fingerprint density at radius 1 is 1.25 bits per heavy atom. The predicted octanol–water partition coefficient (Wildman–Crippen LogP) is 2.81. The van der Waals surface area contributed by atoms with Crippen molar-refractivity contribution in [2.24, 2.45) is 0 Å². The molecule has 0 unspecified atom stereocenters. The Bertz CT molecular complexity index is 486. The minimum absolute atomic E-state index is 0.0452. The third kappa shape index (κ3) is 2.22. The van der Waals surface area contributed by atoms with Crippen LogP contribution in [0.25, 0.3) is 10.8 Å². The zero-order valence-electron chi connectivity index (χ0n) is 9.61. The molecule has 0 spiro atoms. The van der Waals surface area contributed by atoms with E-state index in [1.807, 2.05) is 26.2 Å². The molecule has 0 fully saturated rings. The lowest BCUT2D eigenvalue weighted by Gasteiger charge is -2.06. The number of benzene rings is 1. The molecule has 0 saturated heterocycles. The maximum absolute atomic E-state index is 9.61. The molecular formula is C12H16NO2S+. The first kappa shape index (κ1) is 12.6. The molecule has 0 radical (unpaired) electrons. The summed E-state index contributed by atoms with van der Waals surface area (Å²) in [6, 6.07) is 3.42. The SMILES string of the molecule is CC.CSc1c(O)c(O)cc2c[nH+]ccc12. The Morgan fingerprint density at radius 3 is 2.56 bits per heavy atom. The monoisotopic (exact) mass is 238 g/mol. The number of phenolic OH excluding ortho intramolecular Hbond substituents is 2. The fourth-order valence-electron chi connectivity index (χ4n) is 1.44. The van der Waals surface area contributed by atoms with E-state index in [-0.39, 0.29) is 11.5 Å². The molecule has 2 aromatic rings. The van der Waals surface area contributed by atoms with Crippen molar-refractivity contribution in [1.29, 1.82) is 0 Å². The Labute approximate surface area is 99.1 Å². The summed E-state index contributed by atoms with van der Waals surface area (Å²) in [6.07, 6.45) is 5.44. The van der Waals surface area contributed by atoms with Crippen LogP contribution < -0.4 is 4.98 Å². The molecule has 0 amide bonds. The topological polar surface area (TPSA) is 54.6 Å². The van der Waals surface area contributed by atoms with Crippen LogP contribution in [0.5, 0.6) is 11.5 Å². The molecule has 1 aromatic heterocycles. The molecule has 0 bridgehead atoms. The van der Waals surface area contributed by atoms with Gasteiger partial charge in [-0.1, -0.05) is 13.8 Å². The van der Waals surface area contributed by atoms with Crippen molar-refractivity contribution in [2.45, 2.75) is 18.7 Å². The van der Waals surface area contributed by atoms with Crippen molar-refractivity contribution in [3.05, 3.63) is 24.5 Å². The number of pyridine rings is 1. The summed E-state index contributed by atoms with van der Waals surface area (Å²) < 4.78 is 0. The highest BCUT2D eigenvalue weighted by atomic mass is 32.2. The second-order valence-corrected chi connectivity index (χ2v) is 3.74. The molecule has 16 heavy (non-hydrogen) atoms. The van der Waals surface area contributed by atoms with E-state index in [1.165, 1.54) is 11.8 Å². The summed E-state index contributed by atoms with van der Waals surface area (Å²) >= 11 is 1.42. The molecule has 0 saturated carbocycles. The summed E-state index contributed by atoms with van der Waals surface area (Å²) in [6.45, 7) is 4.00. The number of fused-ring (bicyclic) bond motifs is 1. The zero-order chi connectivity index (χ0) is 12.1. The lowest BCUT2D eigenvalue weighted by atomic mass is 10.1. The summed E-state index contributed by atoms with van der Waals surface area (Å²) in [5.41, 5.74) is 0. The lowest BCUT2D eigenvalue weighted by molar-refractivity contribution is -0.375. The van der Waals surface area contributed by atoms with E-state index in [0.717, 1.165) is 10.8 Å². The smallest absolute Gasteiger partial charge is 0.175 e. The van der Waals surface area contributed by atoms with Crippen LogP contribution in [0.2, 0.25) is 0 Å². The number of nitrogens with one attached hydrogen (secondary N) is 1. The van der Waals surface area contributed by atoms with Gasteiger partial charge in [0.15, 0.2) is 23.9 Å². The Hall–Kier alpha value is -1.42. The van der Waals surface area contributed by atoms with Crippen molar-refractivity contribution in [3.63, 3.8) is 0 Å². The first-order valence-electron chi connectivity index (χ1n) is 5.12. The van der Waals surface area contributed by atoms with Gasteiger partial charge < -0.3 is 10.2 Å². The highest BCUT2D eigenvalue weighted by Crippen LogP contribution is 2.40. The van der Waals surface area contributed by atoms with E-state index in [9.17, 15) is 10.2 Å². The maximum atomic E-state index is 9.61. The quantitative estimate of drug-likeness (QED) is 0.593. The van der Waals surface area contributed by atoms with Gasteiger partial charge in [0.2, 0.25) is 0 Å². The Balaban J connectivity index is 0.000000606. The first-order valence-corrected chi connectivity index (χ1v) is 6.35. The molecule has 2 rings (SSSR count). The molecule has 1 heterocycles. The summed E-state index contributed by atoms with van der Waals surface area (Å²) in [5.74, 6) is -0.127. The van der Waals surface area contributed by atoms with Crippen LogP contribution in [0.3, 0.4) is 0 Å². The van der Waals surface area contributed by atoms with Crippen LogP contribution in [-0.2, 0) is 0 Å². The molecule has 0 aliphatic carbocycles. The van der Waals surface area contributed by atoms with Crippen molar-refractivity contribution < 1.29 is 15.2 Å². The van der Waals surface area contributed by atoms with E-state index in [4.69, 9.17) is 0 Å². The third-order valence-corrected chi connectivity index (χ3v) is 2.92. The standard InChI is InChI=1S/C10H9NO2S.C2H6/c1-14-10-7-2-3-11-5-6(7)4-8(12)9(10)13;1-2/h2-5,12-13H,1H3;1-2H3/p+1. The number of aromatic amines is 1. The molecular weight excluding hydrogens is 222 g/mol. The molecule has 3 nitrogen and oxygen atoms in total. The van der Waals surface area contributed by atoms with Gasteiger partial charge in [-0.15, -0.1) is 11.8 Å². The van der Waals surface area contributed by atoms with Gasteiger partial charge in [0.25, 0.3) is 0 Å². The number of hydrogen-bond donors (Lipinski definition) is 2. The average molecular weight is 238 g/mol. The van der Waals surface area contributed by atoms with Crippen molar-refractivity contribution in [2.75, 3.05) is 6.26 Å². The molecule has 0 aliphatic heterocycles. The summed E-state index contributed by atoms with van der Waals surface area (Å²) in [5, 5.41) is 20.9. The molecule has 86 valence electrons. The predicted molar refractivity (Wildman–Crippen MR) is 67.0 cm³/mol. The van der Waals surface area contributed by atoms with Gasteiger partial charge in [-0.2, -0.15) is 0 Å². The van der Waals surface area contributed by atoms with E-state index in [1.54, 1.807) is 18.5 Å². The Morgan fingerprint density at radius 2 is 1.94 bits per heavy atom. The fourth-order valence-corrected chi connectivity index (χ4v) is 2.14. The summed E-state index contributed by atoms with van der Waals surface area (Å²) in [4.78, 5) is 3.63. The molecule has 1 aromatic carbocycles. The molecule has 3 N–H and O–H groups in total. The van der Waals surface area contributed by atoms with Crippen molar-refractivity contribution in [3.8, 4) is 11.5 Å². The number of hydrogen-bond acceptors (Lipinski definition) is 3. The average Bonchev–Trinajstić information content (AvgIpc) is 2.33. The molecule has 4 heteroatoms. The minimum Gasteiger partial charge on any atom is -0.504 e. The van der Waals surface area contributed by atoms with E-state index in [0.29, 0.717) is 4.90 Å². The van der Waals surface area contributed by atoms with Gasteiger partial charge in [0, 0.05) is 11.5 Å². The van der Waals surface area contributed by atoms with E-state index in [2.05, 4.69) is 4.98 Å². The van der Waals surface area contributed by atoms with E-state index < -0.39 is 0 Å². The normalized spacial score (nSPS) is 9.69. The van der Waals surface area contributed by atoms with Gasteiger partial charge >= 0.3 is 0 Å². The van der Waals surface area contributed by atoms with Crippen molar-refractivity contribution in [1.82, 2.24) is 0 Å². The van der Waals surface area contributed by atoms with Gasteiger partial charge in [-0.3, -0.25) is 0 Å². The second kappa shape index (κ2) is 5.61. The van der Waals surface area contributed by atoms with Crippen LogP contribution >= 0.6 is 11.8 Å². The maximum Gasteiger partial charge on any atom is 0.175 e. The van der Waals surface area contributed by atoms with Crippen LogP contribution in [0.15, 0.2) is 29.4 Å². The van der Waals surface area contributed by atoms with Crippen LogP contribution in [-0.4, -0.2) is 16.5 Å².